The van der Waals surface area contributed by atoms with Gasteiger partial charge in [-0.1, -0.05) is 146 Å². The average molecular weight is 1360 g/mol. The number of nitrogens with zero attached hydrogens (tertiary/aromatic N) is 4. The maximum atomic E-state index is 14.6. The highest BCUT2D eigenvalue weighted by Gasteiger charge is 2.57. The molecule has 4 aliphatic rings. The van der Waals surface area contributed by atoms with E-state index in [4.69, 9.17) is 24.7 Å². The van der Waals surface area contributed by atoms with Gasteiger partial charge < -0.3 is 50.4 Å². The van der Waals surface area contributed by atoms with E-state index in [2.05, 4.69) is 29.1 Å². The zero-order valence-electron chi connectivity index (χ0n) is 59.9. The van der Waals surface area contributed by atoms with Crippen molar-refractivity contribution >= 4 is 71.2 Å². The molecule has 0 aliphatic carbocycles. The fourth-order valence-electron chi connectivity index (χ4n) is 13.0. The van der Waals surface area contributed by atoms with Crippen LogP contribution < -0.4 is 21.7 Å². The Morgan fingerprint density at radius 1 is 0.726 bits per heavy atom. The van der Waals surface area contributed by atoms with Crippen LogP contribution in [0.1, 0.15) is 204 Å². The number of ether oxygens (including phenoxy) is 4. The lowest BCUT2D eigenvalue weighted by Gasteiger charge is -2.41. The van der Waals surface area contributed by atoms with Gasteiger partial charge in [0.15, 0.2) is 0 Å². The highest BCUT2D eigenvalue weighted by molar-refractivity contribution is 8.00. The van der Waals surface area contributed by atoms with E-state index in [0.717, 1.165) is 69.8 Å². The third kappa shape index (κ3) is 22.6. The summed E-state index contributed by atoms with van der Waals surface area (Å²) in [7, 11) is 3.00. The van der Waals surface area contributed by atoms with Crippen molar-refractivity contribution in [1.82, 2.24) is 35.6 Å². The number of unbranched alkanes of at least 4 members (excludes halogenated alkanes) is 9. The predicted octanol–water partition coefficient (Wildman–Crippen LogP) is 11.9. The predicted molar refractivity (Wildman–Crippen MR) is 379 cm³/mol. The zero-order chi connectivity index (χ0) is 70.7. The van der Waals surface area contributed by atoms with Gasteiger partial charge in [-0.05, 0) is 147 Å². The second-order valence-electron chi connectivity index (χ2n) is 30.1. The van der Waals surface area contributed by atoms with Gasteiger partial charge in [-0.3, -0.25) is 38.6 Å². The molecular formula is C73H116N8O12S2. The number of thioether (sulfide) groups is 2. The summed E-state index contributed by atoms with van der Waals surface area (Å²) in [5.74, 6) is -1.48. The topological polar surface area (TPSA) is 249 Å². The molecule has 0 saturated carbocycles. The lowest BCUT2D eigenvalue weighted by molar-refractivity contribution is -0.145. The molecule has 0 aromatic heterocycles. The molecule has 4 aliphatic heterocycles. The van der Waals surface area contributed by atoms with Crippen molar-refractivity contribution in [3.8, 4) is 0 Å². The number of nitrogens with one attached hydrogen (secondary N) is 3. The molecule has 5 rings (SSSR count). The molecule has 95 heavy (non-hydrogen) atoms. The standard InChI is InChI=1S/C73H116N8O12S2/c1-18-20-30-35-50(3)54(75-62(84)60-71(12,13)46-58-81(60)63(85)53(38-42-94-58)77-65(87)72(14,15)78(16)66(88)92-68(4,5)6)47-90-40-33-27-25-23-21-22-24-26-28-34-41-91-48-55(52-36-31-29-32-37-52)76-61(83)59-70(10,11)45-57-80(59)56(82)43-51(49-95-57)44-73(39-19-2,64(74)86)79(17)67(89)93-69(7,8)9/h18-20,29-32,35-37,51,53-55,57-60H,2-3,21-28,33-34,38-49H2,1,4-17H3,(H2,74,86)(H,75,84)(H,76,83)(H,77,87)/b20-18-,35-30-/t51?,53-,54+,55+,57-,58-,59+,60+,73+/m0/s1. The number of hydrogen-bond acceptors (Lipinski definition) is 14. The van der Waals surface area contributed by atoms with Crippen molar-refractivity contribution in [3.05, 3.63) is 85.0 Å². The highest BCUT2D eigenvalue weighted by atomic mass is 32.2. The van der Waals surface area contributed by atoms with Gasteiger partial charge in [0.2, 0.25) is 35.4 Å². The quantitative estimate of drug-likeness (QED) is 0.0285. The lowest BCUT2D eigenvalue weighted by Crippen LogP contribution is -2.62. The van der Waals surface area contributed by atoms with E-state index >= 15 is 0 Å². The Morgan fingerprint density at radius 3 is 1.78 bits per heavy atom. The van der Waals surface area contributed by atoms with E-state index < -0.39 is 87.3 Å². The van der Waals surface area contributed by atoms with Crippen LogP contribution in [0.15, 0.2) is 79.4 Å². The first-order chi connectivity index (χ1) is 44.5. The molecule has 1 aromatic carbocycles. The molecule has 4 saturated heterocycles. The smallest absolute Gasteiger partial charge is 0.410 e. The molecule has 20 nitrogen and oxygen atoms in total. The van der Waals surface area contributed by atoms with Crippen molar-refractivity contribution in [3.63, 3.8) is 0 Å². The van der Waals surface area contributed by atoms with Crippen LogP contribution in [0, 0.1) is 16.7 Å². The molecule has 4 heterocycles. The Bertz CT molecular complexity index is 2850. The van der Waals surface area contributed by atoms with Crippen LogP contribution >= 0.6 is 23.5 Å². The second-order valence-corrected chi connectivity index (χ2v) is 32.6. The average Bonchev–Trinajstić information content (AvgIpc) is 1.63. The largest absolute Gasteiger partial charge is 0.444 e. The minimum Gasteiger partial charge on any atom is -0.444 e. The fraction of sp³-hybridized carbons (Fsp3) is 0.699. The summed E-state index contributed by atoms with van der Waals surface area (Å²) >= 11 is 3.21. The van der Waals surface area contributed by atoms with Gasteiger partial charge in [0.05, 0.1) is 36.0 Å². The van der Waals surface area contributed by atoms with Gasteiger partial charge in [0.25, 0.3) is 0 Å². The molecule has 532 valence electrons. The fourth-order valence-corrected chi connectivity index (χ4v) is 16.3. The number of benzene rings is 1. The molecule has 1 unspecified atom stereocenters. The number of likely N-dealkylation sites (N-methyl/N-ethyl adjacent to an activating group) is 2. The minimum atomic E-state index is -1.48. The molecule has 9 atom stereocenters. The van der Waals surface area contributed by atoms with Gasteiger partial charge in [-0.2, -0.15) is 0 Å². The number of rotatable bonds is 34. The van der Waals surface area contributed by atoms with Crippen LogP contribution in [0.2, 0.25) is 0 Å². The molecule has 5 N–H and O–H groups in total. The number of carbonyl (C=O) groups is 8. The Kier molecular flexibility index (Phi) is 29.9. The second kappa shape index (κ2) is 35.6. The van der Waals surface area contributed by atoms with Crippen LogP contribution in [0.3, 0.4) is 0 Å². The van der Waals surface area contributed by atoms with Gasteiger partial charge in [0, 0.05) is 33.7 Å². The normalized spacial score (nSPS) is 22.5. The summed E-state index contributed by atoms with van der Waals surface area (Å²) in [6.07, 6.45) is 20.2. The molecule has 22 heteroatoms. The number of hydrogen-bond donors (Lipinski definition) is 4. The van der Waals surface area contributed by atoms with Crippen LogP contribution in [0.4, 0.5) is 9.59 Å². The molecule has 8 amide bonds. The van der Waals surface area contributed by atoms with E-state index in [1.54, 1.807) is 94.8 Å². The highest BCUT2D eigenvalue weighted by Crippen LogP contribution is 2.49. The van der Waals surface area contributed by atoms with Crippen molar-refractivity contribution in [2.24, 2.45) is 22.5 Å². The molecule has 0 spiro atoms. The summed E-state index contributed by atoms with van der Waals surface area (Å²) < 4.78 is 23.7. The van der Waals surface area contributed by atoms with Gasteiger partial charge in [-0.15, -0.1) is 30.1 Å². The number of carbonyl (C=O) groups excluding carboxylic acids is 8. The van der Waals surface area contributed by atoms with Crippen LogP contribution in [-0.2, 0) is 47.7 Å². The number of allylic oxidation sites excluding steroid dienone is 3. The maximum Gasteiger partial charge on any atom is 0.410 e. The third-order valence-electron chi connectivity index (χ3n) is 18.6. The van der Waals surface area contributed by atoms with Crippen LogP contribution in [-0.4, -0.2) is 176 Å². The first-order valence-electron chi connectivity index (χ1n) is 34.3. The van der Waals surface area contributed by atoms with Crippen molar-refractivity contribution in [2.45, 2.75) is 256 Å². The van der Waals surface area contributed by atoms with Gasteiger partial charge in [-0.25, -0.2) is 9.59 Å². The van der Waals surface area contributed by atoms with E-state index in [1.165, 1.54) is 23.9 Å². The van der Waals surface area contributed by atoms with Gasteiger partial charge in [0.1, 0.15) is 40.4 Å². The molecule has 4 fully saturated rings. The molecular weight excluding hydrogens is 1240 g/mol. The third-order valence-corrected chi connectivity index (χ3v) is 21.3. The van der Waals surface area contributed by atoms with E-state index in [0.29, 0.717) is 49.6 Å². The lowest BCUT2D eigenvalue weighted by atomic mass is 9.81. The summed E-state index contributed by atoms with van der Waals surface area (Å²) in [5.41, 5.74) is 2.15. The summed E-state index contributed by atoms with van der Waals surface area (Å²) in [6, 6.07) is 6.31. The number of primary amides is 1. The SMILES string of the molecule is C=CC[C@@](CC1CS[C@H]2CC(C)(C)[C@@H](C(=O)N[C@H](COCCCCCCCCCCCCOC[C@@H](NC(=O)[C@H]3N4C(=O)[C@@H](NC(=O)C(C)(C)N(C)C(=O)OC(C)(C)C)CCS[C@H]4CC3(C)C)C(=C)/C=C\C=C/C)c3ccccc3)N2C(=O)C1)(C(N)=O)N(C)C(=O)OC(C)(C)C. The van der Waals surface area contributed by atoms with E-state index in [-0.39, 0.29) is 72.8 Å². The summed E-state index contributed by atoms with van der Waals surface area (Å²) in [4.78, 5) is 118. The Hall–Kier alpha value is -5.84. The monoisotopic (exact) mass is 1360 g/mol. The Morgan fingerprint density at radius 2 is 1.24 bits per heavy atom. The van der Waals surface area contributed by atoms with Crippen molar-refractivity contribution < 1.29 is 57.3 Å². The maximum absolute atomic E-state index is 14.6. The van der Waals surface area contributed by atoms with E-state index in [9.17, 15) is 38.4 Å². The van der Waals surface area contributed by atoms with Crippen molar-refractivity contribution in [2.75, 3.05) is 52.0 Å². The van der Waals surface area contributed by atoms with E-state index in [1.807, 2.05) is 89.3 Å². The van der Waals surface area contributed by atoms with Crippen LogP contribution in [0.25, 0.3) is 0 Å². The zero-order valence-corrected chi connectivity index (χ0v) is 61.6. The first kappa shape index (κ1) is 79.8. The molecule has 0 bridgehead atoms. The Balaban J connectivity index is 1.04. The van der Waals surface area contributed by atoms with Crippen molar-refractivity contribution in [1.29, 1.82) is 0 Å². The molecule has 1 aromatic rings. The summed E-state index contributed by atoms with van der Waals surface area (Å²) in [5, 5.41) is 8.91. The van der Waals surface area contributed by atoms with Gasteiger partial charge >= 0.3 is 12.2 Å². The Labute approximate surface area is 576 Å². The number of amides is 8. The first-order valence-corrected chi connectivity index (χ1v) is 36.4. The molecule has 0 radical (unpaired) electrons. The number of fused-ring (bicyclic) bond motifs is 2. The van der Waals surface area contributed by atoms with Crippen LogP contribution in [0.5, 0.6) is 0 Å². The number of nitrogens with two attached hydrogens (primary N) is 1. The summed E-state index contributed by atoms with van der Waals surface area (Å²) in [6.45, 7) is 33.4. The minimum absolute atomic E-state index is 0.0730.